The van der Waals surface area contributed by atoms with Gasteiger partial charge in [0.05, 0.1) is 11.1 Å². The van der Waals surface area contributed by atoms with E-state index in [0.29, 0.717) is 22.0 Å². The largest absolute Gasteiger partial charge is 0.367 e. The third-order valence-corrected chi connectivity index (χ3v) is 4.98. The van der Waals surface area contributed by atoms with Crippen molar-refractivity contribution in [3.05, 3.63) is 77.2 Å². The van der Waals surface area contributed by atoms with E-state index in [9.17, 15) is 9.59 Å². The number of benzene rings is 1. The number of ketones is 1. The molecule has 0 bridgehead atoms. The van der Waals surface area contributed by atoms with Crippen molar-refractivity contribution < 1.29 is 9.59 Å². The van der Waals surface area contributed by atoms with Crippen LogP contribution in [0, 0.1) is 0 Å². The number of fused-ring (bicyclic) bond motifs is 1. The third kappa shape index (κ3) is 3.06. The van der Waals surface area contributed by atoms with Crippen LogP contribution in [0.3, 0.4) is 0 Å². The standard InChI is InChI=1S/C19H15N5O2S/c20-19(26)17(18(25)14-7-4-12-27-14)23(13-5-2-1-3-6-13)16-9-10-21-15-8-11-22-24(15)16/h1-12,17H,(H2,20,26). The van der Waals surface area contributed by atoms with Crippen molar-refractivity contribution in [3.8, 4) is 0 Å². The first kappa shape index (κ1) is 16.9. The van der Waals surface area contributed by atoms with Gasteiger partial charge in [0.2, 0.25) is 11.7 Å². The molecule has 0 fully saturated rings. The quantitative estimate of drug-likeness (QED) is 0.412. The average molecular weight is 377 g/mol. The lowest BCUT2D eigenvalue weighted by Gasteiger charge is -2.30. The van der Waals surface area contributed by atoms with Crippen LogP contribution in [-0.4, -0.2) is 32.3 Å². The number of hydrogen-bond donors (Lipinski definition) is 1. The Balaban J connectivity index is 1.93. The number of carbonyl (C=O) groups excluding carboxylic acids is 2. The molecule has 3 heterocycles. The van der Waals surface area contributed by atoms with Crippen molar-refractivity contribution in [1.82, 2.24) is 14.6 Å². The predicted octanol–water partition coefficient (Wildman–Crippen LogP) is 2.67. The Labute approximate surface area is 158 Å². The molecular weight excluding hydrogens is 362 g/mol. The first-order valence-corrected chi connectivity index (χ1v) is 9.05. The lowest BCUT2D eigenvalue weighted by Crippen LogP contribution is -2.48. The fourth-order valence-corrected chi connectivity index (χ4v) is 3.62. The second-order valence-electron chi connectivity index (χ2n) is 5.76. The van der Waals surface area contributed by atoms with E-state index in [2.05, 4.69) is 10.1 Å². The van der Waals surface area contributed by atoms with Crippen LogP contribution in [0.4, 0.5) is 11.5 Å². The lowest BCUT2D eigenvalue weighted by atomic mass is 10.1. The molecule has 1 aromatic carbocycles. The van der Waals surface area contributed by atoms with Crippen LogP contribution in [0.1, 0.15) is 9.67 Å². The zero-order chi connectivity index (χ0) is 18.8. The van der Waals surface area contributed by atoms with Crippen LogP contribution in [0.5, 0.6) is 0 Å². The second kappa shape index (κ2) is 7.00. The molecule has 3 aromatic heterocycles. The Hall–Kier alpha value is -3.52. The van der Waals surface area contributed by atoms with Crippen molar-refractivity contribution in [2.45, 2.75) is 6.04 Å². The molecule has 2 N–H and O–H groups in total. The van der Waals surface area contributed by atoms with Gasteiger partial charge in [-0.25, -0.2) is 4.98 Å². The first-order valence-electron chi connectivity index (χ1n) is 8.17. The number of anilines is 2. The van der Waals surface area contributed by atoms with Gasteiger partial charge in [0, 0.05) is 18.0 Å². The highest BCUT2D eigenvalue weighted by molar-refractivity contribution is 7.12. The lowest BCUT2D eigenvalue weighted by molar-refractivity contribution is -0.118. The molecule has 134 valence electrons. The van der Waals surface area contributed by atoms with Gasteiger partial charge in [-0.2, -0.15) is 9.61 Å². The van der Waals surface area contributed by atoms with Crippen molar-refractivity contribution in [1.29, 1.82) is 0 Å². The normalized spacial score (nSPS) is 12.0. The van der Waals surface area contributed by atoms with Crippen molar-refractivity contribution in [2.24, 2.45) is 5.73 Å². The average Bonchev–Trinajstić information content (AvgIpc) is 3.37. The van der Waals surface area contributed by atoms with Crippen LogP contribution < -0.4 is 10.6 Å². The highest BCUT2D eigenvalue weighted by Gasteiger charge is 2.35. The van der Waals surface area contributed by atoms with Gasteiger partial charge in [-0.15, -0.1) is 11.3 Å². The van der Waals surface area contributed by atoms with Gasteiger partial charge in [0.1, 0.15) is 5.82 Å². The number of aromatic nitrogens is 3. The van der Waals surface area contributed by atoms with E-state index in [4.69, 9.17) is 5.73 Å². The molecule has 27 heavy (non-hydrogen) atoms. The molecule has 0 saturated heterocycles. The predicted molar refractivity (Wildman–Crippen MR) is 103 cm³/mol. The number of nitrogens with zero attached hydrogens (tertiary/aromatic N) is 4. The van der Waals surface area contributed by atoms with E-state index in [1.165, 1.54) is 11.3 Å². The minimum Gasteiger partial charge on any atom is -0.367 e. The third-order valence-electron chi connectivity index (χ3n) is 4.09. The molecule has 7 nitrogen and oxygen atoms in total. The summed E-state index contributed by atoms with van der Waals surface area (Å²) in [6, 6.07) is 14.8. The molecule has 0 radical (unpaired) electrons. The summed E-state index contributed by atoms with van der Waals surface area (Å²) < 4.78 is 1.57. The van der Waals surface area contributed by atoms with Crippen molar-refractivity contribution >= 4 is 40.2 Å². The van der Waals surface area contributed by atoms with Crippen LogP contribution in [0.15, 0.2) is 72.4 Å². The van der Waals surface area contributed by atoms with Crippen LogP contribution in [0.25, 0.3) is 5.65 Å². The second-order valence-corrected chi connectivity index (χ2v) is 6.70. The molecular formula is C19H15N5O2S. The van der Waals surface area contributed by atoms with E-state index in [-0.39, 0.29) is 5.78 Å². The number of nitrogens with two attached hydrogens (primary N) is 1. The van der Waals surface area contributed by atoms with Gasteiger partial charge in [-0.3, -0.25) is 9.59 Å². The van der Waals surface area contributed by atoms with Gasteiger partial charge in [0.25, 0.3) is 0 Å². The summed E-state index contributed by atoms with van der Waals surface area (Å²) >= 11 is 1.27. The molecule has 8 heteroatoms. The molecule has 4 rings (SSSR count). The number of para-hydroxylation sites is 1. The maximum absolute atomic E-state index is 13.1. The minimum absolute atomic E-state index is 0.363. The molecule has 0 spiro atoms. The molecule has 0 aliphatic rings. The van der Waals surface area contributed by atoms with Crippen LogP contribution >= 0.6 is 11.3 Å². The summed E-state index contributed by atoms with van der Waals surface area (Å²) in [7, 11) is 0. The monoisotopic (exact) mass is 377 g/mol. The number of thiophene rings is 1. The molecule has 0 aliphatic carbocycles. The summed E-state index contributed by atoms with van der Waals surface area (Å²) in [5.41, 5.74) is 6.94. The number of primary amides is 1. The number of amides is 1. The molecule has 1 atom stereocenters. The molecule has 1 amide bonds. The molecule has 0 aliphatic heterocycles. The maximum Gasteiger partial charge on any atom is 0.248 e. The summed E-state index contributed by atoms with van der Waals surface area (Å²) in [6.07, 6.45) is 3.21. The SMILES string of the molecule is NC(=O)C(C(=O)c1cccs1)N(c1ccccc1)c1ccnc2ccnn12. The summed E-state index contributed by atoms with van der Waals surface area (Å²) in [5.74, 6) is -0.585. The maximum atomic E-state index is 13.1. The smallest absolute Gasteiger partial charge is 0.248 e. The Kier molecular flexibility index (Phi) is 4.39. The number of Topliss-reactive ketones (excluding diaryl/α,β-unsaturated/α-hetero) is 1. The Morgan fingerprint density at radius 2 is 1.85 bits per heavy atom. The summed E-state index contributed by atoms with van der Waals surface area (Å²) in [6.45, 7) is 0. The topological polar surface area (TPSA) is 93.6 Å². The zero-order valence-electron chi connectivity index (χ0n) is 14.1. The number of carbonyl (C=O) groups is 2. The van der Waals surface area contributed by atoms with E-state index >= 15 is 0 Å². The highest BCUT2D eigenvalue weighted by Crippen LogP contribution is 2.29. The van der Waals surface area contributed by atoms with Crippen LogP contribution in [-0.2, 0) is 4.79 Å². The van der Waals surface area contributed by atoms with Crippen molar-refractivity contribution in [2.75, 3.05) is 4.90 Å². The fraction of sp³-hybridized carbons (Fsp3) is 0.0526. The Morgan fingerprint density at radius 1 is 1.04 bits per heavy atom. The van der Waals surface area contributed by atoms with Gasteiger partial charge >= 0.3 is 0 Å². The van der Waals surface area contributed by atoms with E-state index in [1.807, 2.05) is 30.3 Å². The highest BCUT2D eigenvalue weighted by atomic mass is 32.1. The summed E-state index contributed by atoms with van der Waals surface area (Å²) in [5, 5.41) is 6.07. The Morgan fingerprint density at radius 3 is 2.56 bits per heavy atom. The number of hydrogen-bond acceptors (Lipinski definition) is 6. The van der Waals surface area contributed by atoms with Gasteiger partial charge in [-0.05, 0) is 29.6 Å². The van der Waals surface area contributed by atoms with E-state index < -0.39 is 11.9 Å². The fourth-order valence-electron chi connectivity index (χ4n) is 2.93. The van der Waals surface area contributed by atoms with Crippen LogP contribution in [0.2, 0.25) is 0 Å². The molecule has 4 aromatic rings. The van der Waals surface area contributed by atoms with E-state index in [1.54, 1.807) is 51.5 Å². The molecule has 0 saturated carbocycles. The van der Waals surface area contributed by atoms with Crippen molar-refractivity contribution in [3.63, 3.8) is 0 Å². The summed E-state index contributed by atoms with van der Waals surface area (Å²) in [4.78, 5) is 31.9. The minimum atomic E-state index is -1.22. The zero-order valence-corrected chi connectivity index (χ0v) is 14.9. The van der Waals surface area contributed by atoms with Gasteiger partial charge < -0.3 is 10.6 Å². The van der Waals surface area contributed by atoms with Gasteiger partial charge in [0.15, 0.2) is 11.7 Å². The number of rotatable bonds is 6. The Bertz CT molecular complexity index is 1090. The van der Waals surface area contributed by atoms with Gasteiger partial charge in [-0.1, -0.05) is 24.3 Å². The first-order chi connectivity index (χ1) is 13.2. The van der Waals surface area contributed by atoms with E-state index in [0.717, 1.165) is 0 Å². The molecule has 1 unspecified atom stereocenters.